The maximum absolute atomic E-state index is 11.4. The molecule has 1 aromatic rings. The predicted octanol–water partition coefficient (Wildman–Crippen LogP) is 1.36. The molecular formula is C13H17NO5. The molecule has 0 fully saturated rings. The van der Waals surface area contributed by atoms with Gasteiger partial charge in [-0.25, -0.2) is 4.79 Å². The second-order valence-electron chi connectivity index (χ2n) is 3.80. The van der Waals surface area contributed by atoms with Crippen LogP contribution in [0.3, 0.4) is 0 Å². The summed E-state index contributed by atoms with van der Waals surface area (Å²) in [7, 11) is 2.93. The molecule has 19 heavy (non-hydrogen) atoms. The van der Waals surface area contributed by atoms with Gasteiger partial charge >= 0.3 is 5.97 Å². The molecule has 1 atom stereocenters. The maximum atomic E-state index is 11.4. The summed E-state index contributed by atoms with van der Waals surface area (Å²) in [6, 6.07) is 3.61. The van der Waals surface area contributed by atoms with Crippen LogP contribution in [0.1, 0.15) is 24.9 Å². The number of amides is 1. The van der Waals surface area contributed by atoms with Gasteiger partial charge in [-0.2, -0.15) is 0 Å². The zero-order chi connectivity index (χ0) is 14.4. The summed E-state index contributed by atoms with van der Waals surface area (Å²) in [5.41, 5.74) is 0.373. The molecule has 0 aliphatic rings. The van der Waals surface area contributed by atoms with E-state index in [9.17, 15) is 14.7 Å². The number of carbonyl (C=O) groups is 2. The molecule has 1 unspecified atom stereocenters. The summed E-state index contributed by atoms with van der Waals surface area (Å²) in [6.07, 6.45) is 0.211. The number of benzene rings is 1. The van der Waals surface area contributed by atoms with Crippen molar-refractivity contribution in [2.75, 3.05) is 14.2 Å². The van der Waals surface area contributed by atoms with Crippen LogP contribution in [0.4, 0.5) is 0 Å². The second-order valence-corrected chi connectivity index (χ2v) is 3.80. The van der Waals surface area contributed by atoms with Crippen molar-refractivity contribution in [1.82, 2.24) is 5.32 Å². The van der Waals surface area contributed by atoms with Crippen molar-refractivity contribution in [3.05, 3.63) is 23.8 Å². The Labute approximate surface area is 111 Å². The van der Waals surface area contributed by atoms with Gasteiger partial charge in [-0.15, -0.1) is 0 Å². The number of hydrogen-bond acceptors (Lipinski definition) is 4. The first-order valence-corrected chi connectivity index (χ1v) is 5.77. The molecule has 2 N–H and O–H groups in total. The molecule has 0 saturated heterocycles. The van der Waals surface area contributed by atoms with Crippen LogP contribution in [-0.4, -0.2) is 31.2 Å². The Kier molecular flexibility index (Phi) is 5.17. The lowest BCUT2D eigenvalue weighted by Crippen LogP contribution is -2.33. The quantitative estimate of drug-likeness (QED) is 0.812. The van der Waals surface area contributed by atoms with Gasteiger partial charge in [-0.3, -0.25) is 4.79 Å². The third kappa shape index (κ3) is 3.61. The fraction of sp³-hybridized carbons (Fsp3) is 0.385. The summed E-state index contributed by atoms with van der Waals surface area (Å²) in [6.45, 7) is 1.65. The van der Waals surface area contributed by atoms with E-state index in [4.69, 9.17) is 9.47 Å². The van der Waals surface area contributed by atoms with E-state index in [1.807, 2.05) is 0 Å². The lowest BCUT2D eigenvalue weighted by atomic mass is 10.1. The summed E-state index contributed by atoms with van der Waals surface area (Å²) < 4.78 is 10.2. The maximum Gasteiger partial charge on any atom is 0.331 e. The standard InChI is InChI=1S/C13H17NO5/c1-4-11(15)14-12(13(16)17)9-6-5-8(18-2)7-10(9)19-3/h5-7,12H,4H2,1-3H3,(H,14,15)(H,16,17). The Morgan fingerprint density at radius 1 is 1.32 bits per heavy atom. The largest absolute Gasteiger partial charge is 0.497 e. The van der Waals surface area contributed by atoms with Crippen molar-refractivity contribution in [2.45, 2.75) is 19.4 Å². The molecule has 0 bridgehead atoms. The van der Waals surface area contributed by atoms with Crippen LogP contribution >= 0.6 is 0 Å². The third-order valence-electron chi connectivity index (χ3n) is 2.63. The van der Waals surface area contributed by atoms with Crippen molar-refractivity contribution in [2.24, 2.45) is 0 Å². The van der Waals surface area contributed by atoms with Gasteiger partial charge in [0, 0.05) is 18.1 Å². The highest BCUT2D eigenvalue weighted by Crippen LogP contribution is 2.29. The predicted molar refractivity (Wildman–Crippen MR) is 68.4 cm³/mol. The lowest BCUT2D eigenvalue weighted by Gasteiger charge is -2.18. The minimum atomic E-state index is -1.15. The molecule has 0 aliphatic heterocycles. The summed E-state index contributed by atoms with van der Waals surface area (Å²) in [5.74, 6) is -0.592. The van der Waals surface area contributed by atoms with Crippen LogP contribution in [-0.2, 0) is 9.59 Å². The lowest BCUT2D eigenvalue weighted by molar-refractivity contribution is -0.142. The van der Waals surface area contributed by atoms with Gasteiger partial charge in [-0.05, 0) is 12.1 Å². The Morgan fingerprint density at radius 2 is 2.00 bits per heavy atom. The highest BCUT2D eigenvalue weighted by molar-refractivity contribution is 5.85. The van der Waals surface area contributed by atoms with E-state index in [-0.39, 0.29) is 12.3 Å². The number of carbonyl (C=O) groups excluding carboxylic acids is 1. The number of carboxylic acid groups (broad SMARTS) is 1. The molecule has 0 radical (unpaired) electrons. The number of aliphatic carboxylic acids is 1. The normalized spacial score (nSPS) is 11.5. The van der Waals surface area contributed by atoms with E-state index in [0.29, 0.717) is 17.1 Å². The minimum absolute atomic E-state index is 0.211. The van der Waals surface area contributed by atoms with Crippen molar-refractivity contribution in [3.8, 4) is 11.5 Å². The Balaban J connectivity index is 3.15. The molecule has 1 rings (SSSR count). The van der Waals surface area contributed by atoms with Crippen molar-refractivity contribution in [1.29, 1.82) is 0 Å². The number of rotatable bonds is 6. The topological polar surface area (TPSA) is 84.9 Å². The number of nitrogens with one attached hydrogen (secondary N) is 1. The zero-order valence-electron chi connectivity index (χ0n) is 11.1. The molecule has 0 heterocycles. The van der Waals surface area contributed by atoms with Gasteiger partial charge < -0.3 is 19.9 Å². The fourth-order valence-electron chi connectivity index (χ4n) is 1.59. The van der Waals surface area contributed by atoms with Crippen LogP contribution in [0, 0.1) is 0 Å². The van der Waals surface area contributed by atoms with Crippen molar-refractivity contribution >= 4 is 11.9 Å². The number of carboxylic acids is 1. The molecular weight excluding hydrogens is 250 g/mol. The van der Waals surface area contributed by atoms with E-state index >= 15 is 0 Å². The minimum Gasteiger partial charge on any atom is -0.497 e. The molecule has 6 heteroatoms. The smallest absolute Gasteiger partial charge is 0.331 e. The van der Waals surface area contributed by atoms with Crippen LogP contribution in [0.15, 0.2) is 18.2 Å². The molecule has 0 aromatic heterocycles. The van der Waals surface area contributed by atoms with Crippen LogP contribution < -0.4 is 14.8 Å². The number of ether oxygens (including phenoxy) is 2. The van der Waals surface area contributed by atoms with Gasteiger partial charge in [0.05, 0.1) is 14.2 Å². The number of methoxy groups -OCH3 is 2. The van der Waals surface area contributed by atoms with Gasteiger partial charge in [-0.1, -0.05) is 6.92 Å². The Bertz CT molecular complexity index is 472. The molecule has 104 valence electrons. The van der Waals surface area contributed by atoms with Crippen LogP contribution in [0.2, 0.25) is 0 Å². The van der Waals surface area contributed by atoms with E-state index in [1.54, 1.807) is 25.1 Å². The molecule has 0 saturated carbocycles. The Morgan fingerprint density at radius 3 is 2.47 bits per heavy atom. The van der Waals surface area contributed by atoms with E-state index in [0.717, 1.165) is 0 Å². The average molecular weight is 267 g/mol. The summed E-state index contributed by atoms with van der Waals surface area (Å²) in [5, 5.41) is 11.7. The molecule has 0 aliphatic carbocycles. The third-order valence-corrected chi connectivity index (χ3v) is 2.63. The van der Waals surface area contributed by atoms with Crippen LogP contribution in [0.5, 0.6) is 11.5 Å². The fourth-order valence-corrected chi connectivity index (χ4v) is 1.59. The monoisotopic (exact) mass is 267 g/mol. The van der Waals surface area contributed by atoms with Gasteiger partial charge in [0.1, 0.15) is 11.5 Å². The highest BCUT2D eigenvalue weighted by atomic mass is 16.5. The van der Waals surface area contributed by atoms with Crippen molar-refractivity contribution < 1.29 is 24.2 Å². The Hall–Kier alpha value is -2.24. The van der Waals surface area contributed by atoms with Crippen molar-refractivity contribution in [3.63, 3.8) is 0 Å². The first-order valence-electron chi connectivity index (χ1n) is 5.77. The van der Waals surface area contributed by atoms with E-state index in [2.05, 4.69) is 5.32 Å². The first kappa shape index (κ1) is 14.8. The summed E-state index contributed by atoms with van der Waals surface area (Å²) in [4.78, 5) is 22.7. The molecule has 6 nitrogen and oxygen atoms in total. The highest BCUT2D eigenvalue weighted by Gasteiger charge is 2.25. The summed E-state index contributed by atoms with van der Waals surface area (Å²) >= 11 is 0. The van der Waals surface area contributed by atoms with Gasteiger partial charge in [0.15, 0.2) is 6.04 Å². The zero-order valence-corrected chi connectivity index (χ0v) is 11.1. The SMILES string of the molecule is CCC(=O)NC(C(=O)O)c1ccc(OC)cc1OC. The first-order chi connectivity index (χ1) is 9.03. The molecule has 1 aromatic carbocycles. The number of hydrogen-bond donors (Lipinski definition) is 2. The van der Waals surface area contributed by atoms with Crippen LogP contribution in [0.25, 0.3) is 0 Å². The van der Waals surface area contributed by atoms with Gasteiger partial charge in [0.2, 0.25) is 5.91 Å². The average Bonchev–Trinajstić information content (AvgIpc) is 2.43. The van der Waals surface area contributed by atoms with Gasteiger partial charge in [0.25, 0.3) is 0 Å². The van der Waals surface area contributed by atoms with E-state index in [1.165, 1.54) is 14.2 Å². The van der Waals surface area contributed by atoms with E-state index < -0.39 is 12.0 Å². The second kappa shape index (κ2) is 6.63. The molecule has 0 spiro atoms. The molecule has 1 amide bonds.